The molecule has 1 aromatic heterocycles. The summed E-state index contributed by atoms with van der Waals surface area (Å²) >= 11 is 1.49. The van der Waals surface area contributed by atoms with Gasteiger partial charge in [0.05, 0.1) is 19.5 Å². The lowest BCUT2D eigenvalue weighted by atomic mass is 10.2. The number of carbonyl (C=O) groups excluding carboxylic acids is 1. The average molecular weight is 403 g/mol. The summed E-state index contributed by atoms with van der Waals surface area (Å²) in [4.78, 5) is 12.6. The molecule has 2 fully saturated rings. The van der Waals surface area contributed by atoms with Crippen molar-refractivity contribution in [1.82, 2.24) is 20.1 Å². The quantitative estimate of drug-likeness (QED) is 0.649. The number of ether oxygens (including phenoxy) is 2. The van der Waals surface area contributed by atoms with Crippen molar-refractivity contribution in [3.8, 4) is 11.5 Å². The van der Waals surface area contributed by atoms with E-state index in [-0.39, 0.29) is 11.2 Å². The van der Waals surface area contributed by atoms with Crippen molar-refractivity contribution in [3.63, 3.8) is 0 Å². The predicted molar refractivity (Wildman–Crippen MR) is 107 cm³/mol. The molecule has 1 amide bonds. The molecule has 2 aliphatic rings. The Morgan fingerprint density at radius 3 is 2.61 bits per heavy atom. The van der Waals surface area contributed by atoms with Crippen molar-refractivity contribution in [3.05, 3.63) is 29.6 Å². The summed E-state index contributed by atoms with van der Waals surface area (Å²) in [5.74, 6) is 2.99. The highest BCUT2D eigenvalue weighted by Crippen LogP contribution is 2.46. The number of nitrogens with zero attached hydrogens (tertiary/aromatic N) is 3. The molecular formula is C20H26N4O3S. The fourth-order valence-corrected chi connectivity index (χ4v) is 4.15. The average Bonchev–Trinajstić information content (AvgIpc) is 3.64. The third kappa shape index (κ3) is 4.11. The number of nitrogens with one attached hydrogen (secondary N) is 1. The second kappa shape index (κ2) is 8.03. The number of aromatic nitrogens is 3. The molecule has 2 aliphatic carbocycles. The number of rotatable bonds is 9. The van der Waals surface area contributed by atoms with Gasteiger partial charge in [-0.3, -0.25) is 4.79 Å². The van der Waals surface area contributed by atoms with E-state index in [1.54, 1.807) is 14.2 Å². The summed E-state index contributed by atoms with van der Waals surface area (Å²) in [6.07, 6.45) is 4.78. The molecule has 1 atom stereocenters. The monoisotopic (exact) mass is 402 g/mol. The minimum atomic E-state index is -0.242. The molecule has 1 heterocycles. The minimum Gasteiger partial charge on any atom is -0.493 e. The first-order valence-corrected chi connectivity index (χ1v) is 10.6. The molecule has 0 radical (unpaired) electrons. The zero-order valence-corrected chi connectivity index (χ0v) is 17.3. The largest absolute Gasteiger partial charge is 0.493 e. The van der Waals surface area contributed by atoms with Gasteiger partial charge in [0.25, 0.3) is 0 Å². The van der Waals surface area contributed by atoms with Gasteiger partial charge in [0, 0.05) is 18.5 Å². The van der Waals surface area contributed by atoms with Gasteiger partial charge in [0.15, 0.2) is 16.7 Å². The van der Waals surface area contributed by atoms with Crippen LogP contribution < -0.4 is 14.8 Å². The lowest BCUT2D eigenvalue weighted by molar-refractivity contribution is -0.120. The highest BCUT2D eigenvalue weighted by molar-refractivity contribution is 8.00. The van der Waals surface area contributed by atoms with Gasteiger partial charge in [-0.05, 0) is 50.3 Å². The SMILES string of the molecule is COc1ccc(CNC(=O)[C@@H](C)Sc2nnc(C3CC3)n2C2CC2)cc1OC. The highest BCUT2D eigenvalue weighted by Gasteiger charge is 2.37. The Labute approximate surface area is 169 Å². The van der Waals surface area contributed by atoms with Crippen LogP contribution in [0.1, 0.15) is 56.0 Å². The molecule has 0 unspecified atom stereocenters. The predicted octanol–water partition coefficient (Wildman–Crippen LogP) is 3.30. The lowest BCUT2D eigenvalue weighted by Crippen LogP contribution is -2.30. The zero-order valence-electron chi connectivity index (χ0n) is 16.5. The first-order valence-electron chi connectivity index (χ1n) is 9.70. The Kier molecular flexibility index (Phi) is 5.48. The third-order valence-electron chi connectivity index (χ3n) is 5.11. The molecule has 1 aromatic carbocycles. The molecule has 2 saturated carbocycles. The Bertz CT molecular complexity index is 861. The van der Waals surface area contributed by atoms with Crippen molar-refractivity contribution in [2.75, 3.05) is 14.2 Å². The van der Waals surface area contributed by atoms with Crippen LogP contribution in [0.5, 0.6) is 11.5 Å². The number of hydrogen-bond donors (Lipinski definition) is 1. The number of amides is 1. The molecule has 2 aromatic rings. The number of benzene rings is 1. The van der Waals surface area contributed by atoms with Gasteiger partial charge in [0.2, 0.25) is 5.91 Å². The summed E-state index contributed by atoms with van der Waals surface area (Å²) in [7, 11) is 3.21. The maximum absolute atomic E-state index is 12.6. The van der Waals surface area contributed by atoms with E-state index in [9.17, 15) is 4.79 Å². The minimum absolute atomic E-state index is 0.0156. The van der Waals surface area contributed by atoms with Gasteiger partial charge in [-0.15, -0.1) is 10.2 Å². The van der Waals surface area contributed by atoms with Crippen molar-refractivity contribution in [2.45, 2.75) is 61.5 Å². The molecule has 28 heavy (non-hydrogen) atoms. The maximum atomic E-state index is 12.6. The second-order valence-electron chi connectivity index (χ2n) is 7.38. The molecule has 8 heteroatoms. The van der Waals surface area contributed by atoms with Crippen molar-refractivity contribution >= 4 is 17.7 Å². The topological polar surface area (TPSA) is 78.3 Å². The van der Waals surface area contributed by atoms with E-state index in [4.69, 9.17) is 9.47 Å². The third-order valence-corrected chi connectivity index (χ3v) is 6.17. The van der Waals surface area contributed by atoms with Gasteiger partial charge < -0.3 is 19.4 Å². The van der Waals surface area contributed by atoms with Gasteiger partial charge >= 0.3 is 0 Å². The highest BCUT2D eigenvalue weighted by atomic mass is 32.2. The summed E-state index contributed by atoms with van der Waals surface area (Å²) in [5.41, 5.74) is 0.959. The smallest absolute Gasteiger partial charge is 0.233 e. The standard InChI is InChI=1S/C20H26N4O3S/c1-12(19(25)21-11-13-4-9-16(26-2)17(10-13)27-3)28-20-23-22-18(14-5-6-14)24(20)15-7-8-15/h4,9-10,12,14-15H,5-8,11H2,1-3H3,(H,21,25)/t12-/m1/s1. The summed E-state index contributed by atoms with van der Waals surface area (Å²) in [5, 5.41) is 12.4. The summed E-state index contributed by atoms with van der Waals surface area (Å²) in [6, 6.07) is 6.17. The van der Waals surface area contributed by atoms with E-state index in [2.05, 4.69) is 20.1 Å². The van der Waals surface area contributed by atoms with Crippen LogP contribution in [0.15, 0.2) is 23.4 Å². The van der Waals surface area contributed by atoms with Crippen LogP contribution in [0.4, 0.5) is 0 Å². The lowest BCUT2D eigenvalue weighted by Gasteiger charge is -2.14. The Balaban J connectivity index is 1.37. The van der Waals surface area contributed by atoms with Crippen molar-refractivity contribution < 1.29 is 14.3 Å². The summed E-state index contributed by atoms with van der Waals surface area (Å²) < 4.78 is 12.8. The molecule has 7 nitrogen and oxygen atoms in total. The zero-order chi connectivity index (χ0) is 19.7. The number of thioether (sulfide) groups is 1. The Morgan fingerprint density at radius 2 is 1.96 bits per heavy atom. The van der Waals surface area contributed by atoms with Crippen LogP contribution >= 0.6 is 11.8 Å². The van der Waals surface area contributed by atoms with Crippen LogP contribution in [0.3, 0.4) is 0 Å². The number of carbonyl (C=O) groups is 1. The first-order chi connectivity index (χ1) is 13.6. The van der Waals surface area contributed by atoms with E-state index in [0.29, 0.717) is 30.0 Å². The van der Waals surface area contributed by atoms with Crippen LogP contribution in [-0.2, 0) is 11.3 Å². The molecule has 0 aliphatic heterocycles. The molecule has 0 bridgehead atoms. The Morgan fingerprint density at radius 1 is 1.21 bits per heavy atom. The molecule has 4 rings (SSSR count). The fourth-order valence-electron chi connectivity index (χ4n) is 3.20. The van der Waals surface area contributed by atoms with Gasteiger partial charge in [-0.25, -0.2) is 0 Å². The first kappa shape index (κ1) is 19.1. The maximum Gasteiger partial charge on any atom is 0.233 e. The normalized spacial score (nSPS) is 17.2. The second-order valence-corrected chi connectivity index (χ2v) is 8.69. The molecule has 0 spiro atoms. The van der Waals surface area contributed by atoms with E-state index in [0.717, 1.165) is 16.5 Å². The van der Waals surface area contributed by atoms with Crippen molar-refractivity contribution in [2.24, 2.45) is 0 Å². The number of hydrogen-bond acceptors (Lipinski definition) is 6. The molecule has 150 valence electrons. The molecular weight excluding hydrogens is 376 g/mol. The van der Waals surface area contributed by atoms with E-state index < -0.39 is 0 Å². The van der Waals surface area contributed by atoms with Gasteiger partial charge in [-0.2, -0.15) is 0 Å². The summed E-state index contributed by atoms with van der Waals surface area (Å²) in [6.45, 7) is 2.35. The molecule has 0 saturated heterocycles. The van der Waals surface area contributed by atoms with E-state index in [1.165, 1.54) is 37.4 Å². The fraction of sp³-hybridized carbons (Fsp3) is 0.550. The van der Waals surface area contributed by atoms with Crippen LogP contribution in [0.2, 0.25) is 0 Å². The van der Waals surface area contributed by atoms with Crippen LogP contribution in [0, 0.1) is 0 Å². The van der Waals surface area contributed by atoms with E-state index in [1.807, 2.05) is 25.1 Å². The Hall–Kier alpha value is -2.22. The van der Waals surface area contributed by atoms with Gasteiger partial charge in [0.1, 0.15) is 5.82 Å². The van der Waals surface area contributed by atoms with Crippen LogP contribution in [-0.4, -0.2) is 40.1 Å². The van der Waals surface area contributed by atoms with Gasteiger partial charge in [-0.1, -0.05) is 17.8 Å². The van der Waals surface area contributed by atoms with E-state index >= 15 is 0 Å². The van der Waals surface area contributed by atoms with Crippen LogP contribution in [0.25, 0.3) is 0 Å². The number of methoxy groups -OCH3 is 2. The van der Waals surface area contributed by atoms with Crippen molar-refractivity contribution in [1.29, 1.82) is 0 Å². The molecule has 1 N–H and O–H groups in total.